The number of likely N-dealkylation sites (N-methyl/N-ethyl adjacent to an activating group) is 1. The molecule has 0 bridgehead atoms. The zero-order valence-corrected chi connectivity index (χ0v) is 16.8. The topological polar surface area (TPSA) is 64.4 Å². The summed E-state index contributed by atoms with van der Waals surface area (Å²) in [7, 11) is 1.66. The fraction of sp³-hybridized carbons (Fsp3) is 0.136. The average Bonchev–Trinajstić information content (AvgIpc) is 3.33. The molecule has 146 valence electrons. The maximum absolute atomic E-state index is 12.5. The number of carbonyl (C=O) groups excluding carboxylic acids is 2. The van der Waals surface area contributed by atoms with Crippen LogP contribution in [0.2, 0.25) is 0 Å². The molecule has 29 heavy (non-hydrogen) atoms. The predicted octanol–water partition coefficient (Wildman–Crippen LogP) is 4.22. The number of esters is 1. The molecule has 0 atom stereocenters. The van der Waals surface area contributed by atoms with Gasteiger partial charge in [0.2, 0.25) is 0 Å². The molecule has 0 fully saturated rings. The smallest absolute Gasteiger partial charge is 0.348 e. The molecule has 0 N–H and O–H groups in total. The van der Waals surface area contributed by atoms with E-state index in [1.165, 1.54) is 16.2 Å². The summed E-state index contributed by atoms with van der Waals surface area (Å²) >= 11 is 1.31. The number of carbonyl (C=O) groups is 2. The molecule has 2 aromatic heterocycles. The summed E-state index contributed by atoms with van der Waals surface area (Å²) < 4.78 is 7.09. The lowest BCUT2D eigenvalue weighted by atomic mass is 10.3. The maximum Gasteiger partial charge on any atom is 0.348 e. The van der Waals surface area contributed by atoms with Crippen LogP contribution in [0.4, 0.5) is 5.69 Å². The monoisotopic (exact) mass is 405 g/mol. The first-order valence-corrected chi connectivity index (χ1v) is 9.89. The fourth-order valence-corrected chi connectivity index (χ4v) is 4.06. The second-order valence-electron chi connectivity index (χ2n) is 6.53. The van der Waals surface area contributed by atoms with Crippen molar-refractivity contribution in [2.24, 2.45) is 0 Å². The Morgan fingerprint density at radius 2 is 1.72 bits per heavy atom. The Morgan fingerprint density at radius 3 is 2.41 bits per heavy atom. The second-order valence-corrected chi connectivity index (χ2v) is 7.56. The molecule has 1 amide bonds. The Hall–Kier alpha value is -3.45. The highest BCUT2D eigenvalue weighted by molar-refractivity contribution is 7.20. The maximum atomic E-state index is 12.5. The van der Waals surface area contributed by atoms with Gasteiger partial charge < -0.3 is 9.64 Å². The van der Waals surface area contributed by atoms with Crippen molar-refractivity contribution in [1.82, 2.24) is 9.78 Å². The zero-order valence-electron chi connectivity index (χ0n) is 16.0. The number of fused-ring (bicyclic) bond motifs is 1. The molecule has 0 spiro atoms. The normalized spacial score (nSPS) is 10.8. The van der Waals surface area contributed by atoms with Crippen LogP contribution in [0.1, 0.15) is 15.4 Å². The first-order valence-electron chi connectivity index (χ1n) is 9.08. The lowest BCUT2D eigenvalue weighted by Gasteiger charge is -2.16. The van der Waals surface area contributed by atoms with Gasteiger partial charge >= 0.3 is 5.97 Å². The van der Waals surface area contributed by atoms with E-state index in [0.717, 1.165) is 27.3 Å². The van der Waals surface area contributed by atoms with Gasteiger partial charge in [0.25, 0.3) is 5.91 Å². The Bertz CT molecular complexity index is 1170. The number of thiophene rings is 1. The van der Waals surface area contributed by atoms with Crippen LogP contribution < -0.4 is 4.90 Å². The minimum Gasteiger partial charge on any atom is -0.451 e. The lowest BCUT2D eigenvalue weighted by molar-refractivity contribution is -0.121. The lowest BCUT2D eigenvalue weighted by Crippen LogP contribution is -2.30. The molecule has 0 aliphatic heterocycles. The van der Waals surface area contributed by atoms with Crippen LogP contribution in [0.3, 0.4) is 0 Å². The van der Waals surface area contributed by atoms with Crippen LogP contribution in [-0.4, -0.2) is 35.3 Å². The molecule has 7 heteroatoms. The average molecular weight is 405 g/mol. The molecule has 0 radical (unpaired) electrons. The van der Waals surface area contributed by atoms with E-state index in [2.05, 4.69) is 5.10 Å². The number of hydrogen-bond donors (Lipinski definition) is 0. The van der Waals surface area contributed by atoms with E-state index in [0.29, 0.717) is 4.88 Å². The van der Waals surface area contributed by atoms with Gasteiger partial charge in [-0.2, -0.15) is 5.10 Å². The number of ether oxygens (including phenoxy) is 1. The number of anilines is 1. The largest absolute Gasteiger partial charge is 0.451 e. The number of rotatable bonds is 5. The molecule has 0 saturated heterocycles. The minimum atomic E-state index is -0.514. The van der Waals surface area contributed by atoms with Crippen molar-refractivity contribution in [3.05, 3.63) is 77.3 Å². The molecule has 4 rings (SSSR count). The Morgan fingerprint density at radius 1 is 1.07 bits per heavy atom. The molecule has 6 nitrogen and oxygen atoms in total. The number of amides is 1. The number of aromatic nitrogens is 2. The summed E-state index contributed by atoms with van der Waals surface area (Å²) in [5.41, 5.74) is 2.50. The van der Waals surface area contributed by atoms with Crippen LogP contribution in [0.5, 0.6) is 0 Å². The van der Waals surface area contributed by atoms with Gasteiger partial charge in [-0.05, 0) is 37.3 Å². The highest BCUT2D eigenvalue weighted by atomic mass is 32.1. The zero-order chi connectivity index (χ0) is 20.4. The molecule has 2 aromatic carbocycles. The summed E-state index contributed by atoms with van der Waals surface area (Å²) in [6, 6.07) is 20.7. The van der Waals surface area contributed by atoms with Crippen molar-refractivity contribution in [3.8, 4) is 5.69 Å². The molecule has 0 unspecified atom stereocenters. The van der Waals surface area contributed by atoms with Gasteiger partial charge in [0.1, 0.15) is 9.71 Å². The molecule has 0 aliphatic rings. The van der Waals surface area contributed by atoms with Gasteiger partial charge in [0, 0.05) is 18.1 Å². The molecule has 0 saturated carbocycles. The van der Waals surface area contributed by atoms with Crippen molar-refractivity contribution >= 4 is 39.1 Å². The van der Waals surface area contributed by atoms with E-state index in [9.17, 15) is 9.59 Å². The third kappa shape index (κ3) is 3.77. The third-order valence-electron chi connectivity index (χ3n) is 4.59. The SMILES string of the molecule is Cc1nn(-c2ccccc2)c2sc(C(=O)OCC(=O)N(C)c3ccccc3)cc12. The molecular formula is C22H19N3O3S. The van der Waals surface area contributed by atoms with Crippen LogP contribution >= 0.6 is 11.3 Å². The number of para-hydroxylation sites is 2. The summed E-state index contributed by atoms with van der Waals surface area (Å²) in [6.07, 6.45) is 0. The summed E-state index contributed by atoms with van der Waals surface area (Å²) in [5.74, 6) is -0.808. The fourth-order valence-electron chi connectivity index (χ4n) is 2.98. The molecular weight excluding hydrogens is 386 g/mol. The van der Waals surface area contributed by atoms with E-state index in [1.807, 2.05) is 72.3 Å². The quantitative estimate of drug-likeness (QED) is 0.467. The van der Waals surface area contributed by atoms with Crippen molar-refractivity contribution in [2.75, 3.05) is 18.6 Å². The minimum absolute atomic E-state index is 0.294. The Kier molecular flexibility index (Phi) is 5.14. The Balaban J connectivity index is 1.50. The van der Waals surface area contributed by atoms with Crippen molar-refractivity contribution in [2.45, 2.75) is 6.92 Å². The van der Waals surface area contributed by atoms with E-state index in [1.54, 1.807) is 13.1 Å². The molecule has 4 aromatic rings. The highest BCUT2D eigenvalue weighted by Crippen LogP contribution is 2.30. The summed E-state index contributed by atoms with van der Waals surface area (Å²) in [6.45, 7) is 1.59. The first-order chi connectivity index (χ1) is 14.0. The van der Waals surface area contributed by atoms with Crippen LogP contribution in [-0.2, 0) is 9.53 Å². The molecule has 2 heterocycles. The van der Waals surface area contributed by atoms with Gasteiger partial charge in [-0.25, -0.2) is 9.48 Å². The van der Waals surface area contributed by atoms with Gasteiger partial charge in [-0.1, -0.05) is 36.4 Å². The standard InChI is InChI=1S/C22H19N3O3S/c1-15-18-13-19(29-21(18)25(23-15)17-11-7-4-8-12-17)22(27)28-14-20(26)24(2)16-9-5-3-6-10-16/h3-13H,14H2,1-2H3. The number of benzene rings is 2. The van der Waals surface area contributed by atoms with E-state index in [4.69, 9.17) is 4.74 Å². The highest BCUT2D eigenvalue weighted by Gasteiger charge is 2.20. The van der Waals surface area contributed by atoms with Gasteiger partial charge in [-0.15, -0.1) is 11.3 Å². The van der Waals surface area contributed by atoms with Crippen molar-refractivity contribution in [3.63, 3.8) is 0 Å². The summed E-state index contributed by atoms with van der Waals surface area (Å²) in [5, 5.41) is 5.47. The van der Waals surface area contributed by atoms with E-state index in [-0.39, 0.29) is 12.5 Å². The van der Waals surface area contributed by atoms with Crippen molar-refractivity contribution in [1.29, 1.82) is 0 Å². The second kappa shape index (κ2) is 7.89. The first kappa shape index (κ1) is 18.9. The Labute approximate surface area is 171 Å². The van der Waals surface area contributed by atoms with E-state index >= 15 is 0 Å². The molecule has 0 aliphatic carbocycles. The van der Waals surface area contributed by atoms with Crippen LogP contribution in [0, 0.1) is 6.92 Å². The van der Waals surface area contributed by atoms with Crippen LogP contribution in [0.15, 0.2) is 66.7 Å². The van der Waals surface area contributed by atoms with Crippen LogP contribution in [0.25, 0.3) is 15.9 Å². The van der Waals surface area contributed by atoms with E-state index < -0.39 is 5.97 Å². The predicted molar refractivity (Wildman–Crippen MR) is 114 cm³/mol. The number of hydrogen-bond acceptors (Lipinski definition) is 5. The van der Waals surface area contributed by atoms with Crippen molar-refractivity contribution < 1.29 is 14.3 Å². The van der Waals surface area contributed by atoms with Gasteiger partial charge in [0.05, 0.1) is 11.4 Å². The number of aryl methyl sites for hydroxylation is 1. The number of nitrogens with zero attached hydrogens (tertiary/aromatic N) is 3. The third-order valence-corrected chi connectivity index (χ3v) is 5.68. The van der Waals surface area contributed by atoms with Gasteiger partial charge in [-0.3, -0.25) is 4.79 Å². The summed E-state index contributed by atoms with van der Waals surface area (Å²) in [4.78, 5) is 27.6. The van der Waals surface area contributed by atoms with Gasteiger partial charge in [0.15, 0.2) is 6.61 Å².